The maximum absolute atomic E-state index is 6.03. The number of nitrogens with two attached hydrogens (primary N) is 1. The standard InChI is InChI=1S/C17H16N6O2S/c1-2-11-5-7-12(8-6-11)15-19-14(25-22-15)10-26-17-21-20-16(23(17)18)13-4-3-9-24-13/h3-9H,2,10,18H2,1H3. The van der Waals surface area contributed by atoms with E-state index in [9.17, 15) is 0 Å². The van der Waals surface area contributed by atoms with Crippen LogP contribution in [0.5, 0.6) is 0 Å². The summed E-state index contributed by atoms with van der Waals surface area (Å²) in [6.07, 6.45) is 2.55. The van der Waals surface area contributed by atoms with E-state index >= 15 is 0 Å². The van der Waals surface area contributed by atoms with Gasteiger partial charge in [0, 0.05) is 5.56 Å². The summed E-state index contributed by atoms with van der Waals surface area (Å²) in [4.78, 5) is 4.42. The minimum absolute atomic E-state index is 0.438. The van der Waals surface area contributed by atoms with Crippen LogP contribution in [0.15, 0.2) is 56.8 Å². The number of aryl methyl sites for hydroxylation is 1. The van der Waals surface area contributed by atoms with Crippen LogP contribution >= 0.6 is 11.8 Å². The number of nitrogen functional groups attached to an aromatic ring is 1. The number of aromatic nitrogens is 5. The molecular weight excluding hydrogens is 352 g/mol. The predicted octanol–water partition coefficient (Wildman–Crippen LogP) is 3.16. The number of thioether (sulfide) groups is 1. The van der Waals surface area contributed by atoms with E-state index in [0.717, 1.165) is 12.0 Å². The molecule has 0 saturated heterocycles. The van der Waals surface area contributed by atoms with Crippen LogP contribution < -0.4 is 5.84 Å². The van der Waals surface area contributed by atoms with E-state index in [0.29, 0.717) is 34.2 Å². The van der Waals surface area contributed by atoms with Crippen LogP contribution in [0.4, 0.5) is 0 Å². The molecule has 8 nitrogen and oxygen atoms in total. The third-order valence-electron chi connectivity index (χ3n) is 3.82. The Bertz CT molecular complexity index is 991. The first kappa shape index (κ1) is 16.4. The van der Waals surface area contributed by atoms with Gasteiger partial charge in [0.05, 0.1) is 12.0 Å². The van der Waals surface area contributed by atoms with Crippen molar-refractivity contribution >= 4 is 11.8 Å². The van der Waals surface area contributed by atoms with Crippen molar-refractivity contribution in [1.29, 1.82) is 0 Å². The molecule has 9 heteroatoms. The van der Waals surface area contributed by atoms with Gasteiger partial charge < -0.3 is 14.8 Å². The van der Waals surface area contributed by atoms with Crippen molar-refractivity contribution in [2.75, 3.05) is 5.84 Å². The summed E-state index contributed by atoms with van der Waals surface area (Å²) in [5, 5.41) is 12.7. The molecule has 0 bridgehead atoms. The number of hydrogen-bond acceptors (Lipinski definition) is 8. The molecule has 0 saturated carbocycles. The summed E-state index contributed by atoms with van der Waals surface area (Å²) >= 11 is 1.36. The lowest BCUT2D eigenvalue weighted by molar-refractivity contribution is 0.391. The molecule has 26 heavy (non-hydrogen) atoms. The maximum atomic E-state index is 6.03. The molecule has 0 aliphatic carbocycles. The molecule has 0 spiro atoms. The van der Waals surface area contributed by atoms with Crippen molar-refractivity contribution in [3.63, 3.8) is 0 Å². The van der Waals surface area contributed by atoms with E-state index in [4.69, 9.17) is 14.8 Å². The monoisotopic (exact) mass is 368 g/mol. The highest BCUT2D eigenvalue weighted by Gasteiger charge is 2.16. The SMILES string of the molecule is CCc1ccc(-c2noc(CSc3nnc(-c4ccco4)n3N)n2)cc1. The molecule has 132 valence electrons. The first-order valence-corrected chi connectivity index (χ1v) is 9.02. The van der Waals surface area contributed by atoms with Crippen molar-refractivity contribution in [2.45, 2.75) is 24.3 Å². The van der Waals surface area contributed by atoms with Crippen molar-refractivity contribution in [3.05, 3.63) is 54.1 Å². The van der Waals surface area contributed by atoms with Gasteiger partial charge in [-0.2, -0.15) is 4.98 Å². The van der Waals surface area contributed by atoms with E-state index in [1.54, 1.807) is 18.4 Å². The van der Waals surface area contributed by atoms with Gasteiger partial charge in [0.25, 0.3) is 0 Å². The van der Waals surface area contributed by atoms with Gasteiger partial charge in [-0.3, -0.25) is 0 Å². The third-order valence-corrected chi connectivity index (χ3v) is 4.75. The van der Waals surface area contributed by atoms with E-state index < -0.39 is 0 Å². The second-order valence-corrected chi connectivity index (χ2v) is 6.45. The number of nitrogens with zero attached hydrogens (tertiary/aromatic N) is 5. The summed E-state index contributed by atoms with van der Waals surface area (Å²) in [6.45, 7) is 2.12. The van der Waals surface area contributed by atoms with Crippen LogP contribution in [0.25, 0.3) is 23.0 Å². The number of furan rings is 1. The highest BCUT2D eigenvalue weighted by Crippen LogP contribution is 2.25. The van der Waals surface area contributed by atoms with Crippen molar-refractivity contribution in [3.8, 4) is 23.0 Å². The van der Waals surface area contributed by atoms with E-state index in [-0.39, 0.29) is 0 Å². The van der Waals surface area contributed by atoms with Gasteiger partial charge in [-0.25, -0.2) is 4.68 Å². The Hall–Kier alpha value is -3.07. The summed E-state index contributed by atoms with van der Waals surface area (Å²) in [7, 11) is 0. The summed E-state index contributed by atoms with van der Waals surface area (Å²) in [6, 6.07) is 11.7. The minimum Gasteiger partial charge on any atom is -0.461 e. The Kier molecular flexibility index (Phi) is 4.44. The Morgan fingerprint density at radius 2 is 2.00 bits per heavy atom. The Balaban J connectivity index is 1.45. The number of hydrogen-bond donors (Lipinski definition) is 1. The topological polar surface area (TPSA) is 109 Å². The molecule has 0 radical (unpaired) electrons. The van der Waals surface area contributed by atoms with Gasteiger partial charge in [-0.05, 0) is 24.1 Å². The van der Waals surface area contributed by atoms with E-state index in [1.165, 1.54) is 22.0 Å². The number of rotatable bonds is 6. The van der Waals surface area contributed by atoms with Gasteiger partial charge in [-0.1, -0.05) is 48.1 Å². The average molecular weight is 368 g/mol. The van der Waals surface area contributed by atoms with Crippen LogP contribution in [0.2, 0.25) is 0 Å². The highest BCUT2D eigenvalue weighted by molar-refractivity contribution is 7.98. The molecule has 2 N–H and O–H groups in total. The lowest BCUT2D eigenvalue weighted by Gasteiger charge is -1.99. The van der Waals surface area contributed by atoms with Gasteiger partial charge in [0.1, 0.15) is 0 Å². The van der Waals surface area contributed by atoms with Gasteiger partial charge in [0.15, 0.2) is 5.76 Å². The van der Waals surface area contributed by atoms with Crippen LogP contribution in [0, 0.1) is 0 Å². The lowest BCUT2D eigenvalue weighted by atomic mass is 10.1. The van der Waals surface area contributed by atoms with Crippen molar-refractivity contribution < 1.29 is 8.94 Å². The molecular formula is C17H16N6O2S. The fourth-order valence-electron chi connectivity index (χ4n) is 2.40. The molecule has 0 atom stereocenters. The fraction of sp³-hybridized carbons (Fsp3) is 0.176. The van der Waals surface area contributed by atoms with Crippen molar-refractivity contribution in [1.82, 2.24) is 25.0 Å². The zero-order chi connectivity index (χ0) is 17.9. The third kappa shape index (κ3) is 3.21. The normalized spacial score (nSPS) is 11.1. The second kappa shape index (κ2) is 7.04. The Morgan fingerprint density at radius 1 is 1.15 bits per heavy atom. The minimum atomic E-state index is 0.438. The van der Waals surface area contributed by atoms with E-state index in [2.05, 4.69) is 39.4 Å². The first-order valence-electron chi connectivity index (χ1n) is 8.03. The first-order chi connectivity index (χ1) is 12.7. The molecule has 0 amide bonds. The molecule has 4 rings (SSSR count). The molecule has 4 aromatic rings. The predicted molar refractivity (Wildman–Crippen MR) is 96.5 cm³/mol. The van der Waals surface area contributed by atoms with Gasteiger partial charge in [0.2, 0.25) is 22.7 Å². The quantitative estimate of drug-likeness (QED) is 0.408. The molecule has 0 fully saturated rings. The van der Waals surface area contributed by atoms with Gasteiger partial charge >= 0.3 is 0 Å². The maximum Gasteiger partial charge on any atom is 0.237 e. The summed E-state index contributed by atoms with van der Waals surface area (Å²) < 4.78 is 12.0. The zero-order valence-electron chi connectivity index (χ0n) is 14.0. The lowest BCUT2D eigenvalue weighted by Crippen LogP contribution is -2.11. The van der Waals surface area contributed by atoms with Crippen LogP contribution in [0.1, 0.15) is 18.4 Å². The fourth-order valence-corrected chi connectivity index (χ4v) is 3.09. The van der Waals surface area contributed by atoms with E-state index in [1.807, 2.05) is 12.1 Å². The van der Waals surface area contributed by atoms with Crippen LogP contribution in [0.3, 0.4) is 0 Å². The molecule has 3 aromatic heterocycles. The molecule has 0 unspecified atom stereocenters. The molecule has 0 aliphatic rings. The smallest absolute Gasteiger partial charge is 0.237 e. The molecule has 1 aromatic carbocycles. The van der Waals surface area contributed by atoms with Crippen LogP contribution in [-0.2, 0) is 12.2 Å². The largest absolute Gasteiger partial charge is 0.461 e. The Morgan fingerprint density at radius 3 is 2.73 bits per heavy atom. The van der Waals surface area contributed by atoms with Crippen LogP contribution in [-0.4, -0.2) is 25.0 Å². The molecule has 3 heterocycles. The van der Waals surface area contributed by atoms with Crippen molar-refractivity contribution in [2.24, 2.45) is 0 Å². The molecule has 0 aliphatic heterocycles. The average Bonchev–Trinajstić information content (AvgIpc) is 3.41. The Labute approximate surface area is 153 Å². The second-order valence-electron chi connectivity index (χ2n) is 5.50. The highest BCUT2D eigenvalue weighted by atomic mass is 32.2. The summed E-state index contributed by atoms with van der Waals surface area (Å²) in [5.41, 5.74) is 2.19. The number of benzene rings is 1. The summed E-state index contributed by atoms with van der Waals surface area (Å²) in [5.74, 6) is 8.54. The van der Waals surface area contributed by atoms with Gasteiger partial charge in [-0.15, -0.1) is 10.2 Å². The zero-order valence-corrected chi connectivity index (χ0v) is 14.8.